The van der Waals surface area contributed by atoms with Gasteiger partial charge in [0.1, 0.15) is 0 Å². The van der Waals surface area contributed by atoms with Crippen LogP contribution in [0.5, 0.6) is 0 Å². The van der Waals surface area contributed by atoms with Gasteiger partial charge in [-0.25, -0.2) is 8.42 Å². The van der Waals surface area contributed by atoms with Gasteiger partial charge in [0.2, 0.25) is 0 Å². The lowest BCUT2D eigenvalue weighted by Crippen LogP contribution is -2.41. The molecule has 0 aromatic heterocycles. The third-order valence-corrected chi connectivity index (χ3v) is 4.83. The second-order valence-electron chi connectivity index (χ2n) is 3.85. The highest BCUT2D eigenvalue weighted by Gasteiger charge is 2.38. The summed E-state index contributed by atoms with van der Waals surface area (Å²) in [5, 5.41) is 10.4. The quantitative estimate of drug-likeness (QED) is 0.752. The highest BCUT2D eigenvalue weighted by atomic mass is 32.2. The summed E-state index contributed by atoms with van der Waals surface area (Å²) in [6.45, 7) is -0.703. The minimum atomic E-state index is -4.67. The van der Waals surface area contributed by atoms with Gasteiger partial charge in [-0.2, -0.15) is 13.2 Å². The summed E-state index contributed by atoms with van der Waals surface area (Å²) in [6, 6.07) is 0. The topological polar surface area (TPSA) is 66.4 Å². The van der Waals surface area contributed by atoms with Gasteiger partial charge in [-0.15, -0.1) is 0 Å². The minimum Gasteiger partial charge on any atom is -0.382 e. The lowest BCUT2D eigenvalue weighted by molar-refractivity contribution is -0.201. The largest absolute Gasteiger partial charge is 0.415 e. The Morgan fingerprint density at radius 3 is 2.50 bits per heavy atom. The molecule has 1 aliphatic rings. The number of aliphatic hydroxyl groups excluding tert-OH is 1. The van der Waals surface area contributed by atoms with Crippen molar-refractivity contribution < 1.29 is 26.7 Å². The van der Waals surface area contributed by atoms with E-state index >= 15 is 0 Å². The van der Waals surface area contributed by atoms with Gasteiger partial charge in [-0.05, 0) is 12.8 Å². The fraction of sp³-hybridized carbons (Fsp3) is 1.00. The molecule has 8 heteroatoms. The number of halogens is 3. The Kier molecular flexibility index (Phi) is 4.19. The van der Waals surface area contributed by atoms with E-state index in [9.17, 15) is 21.6 Å². The van der Waals surface area contributed by atoms with Crippen LogP contribution in [0, 0.1) is 0 Å². The average Bonchev–Trinajstić information content (AvgIpc) is 2.44. The zero-order valence-corrected chi connectivity index (χ0v) is 9.31. The molecule has 96 valence electrons. The molecule has 0 amide bonds. The molecule has 1 saturated heterocycles. The fourth-order valence-electron chi connectivity index (χ4n) is 1.58. The summed E-state index contributed by atoms with van der Waals surface area (Å²) in [5.41, 5.74) is 0. The van der Waals surface area contributed by atoms with Crippen LogP contribution in [0.25, 0.3) is 0 Å². The Bertz CT molecular complexity index is 328. The summed E-state index contributed by atoms with van der Waals surface area (Å²) < 4.78 is 58.3. The van der Waals surface area contributed by atoms with Gasteiger partial charge in [-0.3, -0.25) is 0 Å². The zero-order chi connectivity index (χ0) is 12.4. The zero-order valence-electron chi connectivity index (χ0n) is 8.50. The van der Waals surface area contributed by atoms with Gasteiger partial charge in [0, 0.05) is 13.1 Å². The molecular weight excluding hydrogens is 247 g/mol. The van der Waals surface area contributed by atoms with Gasteiger partial charge in [-0.1, -0.05) is 0 Å². The predicted octanol–water partition coefficient (Wildman–Crippen LogP) is 0.0764. The normalized spacial score (nSPS) is 26.9. The summed E-state index contributed by atoms with van der Waals surface area (Å²) in [7, 11) is -3.15. The van der Waals surface area contributed by atoms with E-state index in [0.29, 0.717) is 12.8 Å². The molecular formula is C8H14F3NO3S. The molecule has 0 radical (unpaired) electrons. The van der Waals surface area contributed by atoms with Gasteiger partial charge >= 0.3 is 6.18 Å². The van der Waals surface area contributed by atoms with Gasteiger partial charge in [0.15, 0.2) is 15.9 Å². The summed E-state index contributed by atoms with van der Waals surface area (Å²) in [5.74, 6) is 0.0984. The van der Waals surface area contributed by atoms with E-state index in [4.69, 9.17) is 5.11 Å². The number of nitrogens with one attached hydrogen (secondary N) is 1. The molecule has 2 unspecified atom stereocenters. The predicted molar refractivity (Wildman–Crippen MR) is 51.7 cm³/mol. The van der Waals surface area contributed by atoms with Gasteiger partial charge in [0.25, 0.3) is 0 Å². The Morgan fingerprint density at radius 2 is 2.06 bits per heavy atom. The van der Waals surface area contributed by atoms with E-state index in [-0.39, 0.29) is 12.3 Å². The molecule has 0 spiro atoms. The van der Waals surface area contributed by atoms with Crippen LogP contribution in [-0.2, 0) is 9.84 Å². The van der Waals surface area contributed by atoms with Crippen molar-refractivity contribution in [1.82, 2.24) is 5.32 Å². The Hall–Kier alpha value is -0.340. The molecule has 1 rings (SSSR count). The molecule has 2 atom stereocenters. The Balaban J connectivity index is 2.31. The van der Waals surface area contributed by atoms with E-state index in [1.54, 1.807) is 0 Å². The van der Waals surface area contributed by atoms with Gasteiger partial charge in [0.05, 0.1) is 11.0 Å². The molecule has 0 bridgehead atoms. The molecule has 1 aliphatic heterocycles. The van der Waals surface area contributed by atoms with Crippen molar-refractivity contribution in [3.05, 3.63) is 0 Å². The van der Waals surface area contributed by atoms with E-state index in [1.165, 1.54) is 0 Å². The molecule has 1 fully saturated rings. The first-order chi connectivity index (χ1) is 7.23. The number of aliphatic hydroxyl groups is 1. The van der Waals surface area contributed by atoms with E-state index in [2.05, 4.69) is 5.32 Å². The highest BCUT2D eigenvalue weighted by Crippen LogP contribution is 2.21. The monoisotopic (exact) mass is 261 g/mol. The number of hydrogen-bond donors (Lipinski definition) is 2. The number of hydrogen-bond acceptors (Lipinski definition) is 4. The highest BCUT2D eigenvalue weighted by molar-refractivity contribution is 7.92. The number of sulfone groups is 1. The molecule has 0 aromatic carbocycles. The van der Waals surface area contributed by atoms with Crippen molar-refractivity contribution in [2.75, 3.05) is 18.8 Å². The van der Waals surface area contributed by atoms with Gasteiger partial charge < -0.3 is 10.4 Å². The lowest BCUT2D eigenvalue weighted by atomic mass is 10.2. The molecule has 1 heterocycles. The van der Waals surface area contributed by atoms with Crippen molar-refractivity contribution in [1.29, 1.82) is 0 Å². The first kappa shape index (κ1) is 13.7. The Morgan fingerprint density at radius 1 is 1.44 bits per heavy atom. The summed E-state index contributed by atoms with van der Waals surface area (Å²) in [6.07, 6.45) is -6.09. The van der Waals surface area contributed by atoms with Crippen LogP contribution in [0.2, 0.25) is 0 Å². The standard InChI is InChI=1S/C8H14F3NO3S/c9-8(10,11)7(13)5-12-4-6-2-1-3-16(6,14)15/h6-7,12-13H,1-5H2. The summed E-state index contributed by atoms with van der Waals surface area (Å²) in [4.78, 5) is 0. The minimum absolute atomic E-state index is 0.0323. The molecule has 0 saturated carbocycles. The maximum atomic E-state index is 11.9. The Labute approximate surface area is 91.8 Å². The van der Waals surface area contributed by atoms with Crippen molar-refractivity contribution in [2.45, 2.75) is 30.4 Å². The van der Waals surface area contributed by atoms with E-state index in [0.717, 1.165) is 0 Å². The van der Waals surface area contributed by atoms with Crippen LogP contribution in [0.3, 0.4) is 0 Å². The van der Waals surface area contributed by atoms with Crippen molar-refractivity contribution in [3.63, 3.8) is 0 Å². The molecule has 2 N–H and O–H groups in total. The van der Waals surface area contributed by atoms with Crippen LogP contribution in [0.15, 0.2) is 0 Å². The van der Waals surface area contributed by atoms with Crippen LogP contribution in [-0.4, -0.2) is 49.9 Å². The number of rotatable bonds is 4. The summed E-state index contributed by atoms with van der Waals surface area (Å²) >= 11 is 0. The lowest BCUT2D eigenvalue weighted by Gasteiger charge is -2.16. The first-order valence-electron chi connectivity index (χ1n) is 4.90. The third kappa shape index (κ3) is 3.60. The van der Waals surface area contributed by atoms with Crippen molar-refractivity contribution >= 4 is 9.84 Å². The number of alkyl halides is 3. The third-order valence-electron chi connectivity index (χ3n) is 2.55. The van der Waals surface area contributed by atoms with E-state index < -0.39 is 33.9 Å². The second kappa shape index (κ2) is 4.89. The van der Waals surface area contributed by atoms with E-state index in [1.807, 2.05) is 0 Å². The molecule has 0 aromatic rings. The SMILES string of the molecule is O=S1(=O)CCCC1CNCC(O)C(F)(F)F. The average molecular weight is 261 g/mol. The van der Waals surface area contributed by atoms with Crippen LogP contribution < -0.4 is 5.32 Å². The molecule has 16 heavy (non-hydrogen) atoms. The molecule has 0 aliphatic carbocycles. The maximum Gasteiger partial charge on any atom is 0.415 e. The van der Waals surface area contributed by atoms with Crippen LogP contribution in [0.4, 0.5) is 13.2 Å². The fourth-order valence-corrected chi connectivity index (χ4v) is 3.38. The maximum absolute atomic E-state index is 11.9. The van der Waals surface area contributed by atoms with Crippen LogP contribution >= 0.6 is 0 Å². The van der Waals surface area contributed by atoms with Crippen molar-refractivity contribution in [2.24, 2.45) is 0 Å². The van der Waals surface area contributed by atoms with Crippen molar-refractivity contribution in [3.8, 4) is 0 Å². The molecule has 4 nitrogen and oxygen atoms in total. The van der Waals surface area contributed by atoms with Crippen LogP contribution in [0.1, 0.15) is 12.8 Å². The second-order valence-corrected chi connectivity index (χ2v) is 6.25. The first-order valence-corrected chi connectivity index (χ1v) is 6.62. The smallest absolute Gasteiger partial charge is 0.382 e.